The van der Waals surface area contributed by atoms with Crippen LogP contribution in [0.4, 0.5) is 0 Å². The highest BCUT2D eigenvalue weighted by molar-refractivity contribution is 6.53. The lowest BCUT2D eigenvalue weighted by Crippen LogP contribution is -2.41. The largest absolute Gasteiger partial charge is 0.339 e. The number of rotatable bonds is 1. The second kappa shape index (κ2) is 6.85. The molecule has 5 heteroatoms. The van der Waals surface area contributed by atoms with Crippen molar-refractivity contribution in [2.45, 2.75) is 17.7 Å². The van der Waals surface area contributed by atoms with Crippen LogP contribution >= 0.6 is 23.2 Å². The van der Waals surface area contributed by atoms with Crippen LogP contribution in [0.15, 0.2) is 13.2 Å². The molecular formula is C9H13Cl2NO2. The van der Waals surface area contributed by atoms with E-state index >= 15 is 0 Å². The molecule has 0 N–H and O–H groups in total. The lowest BCUT2D eigenvalue weighted by molar-refractivity contribution is -0.132. The molecule has 0 radical (unpaired) electrons. The monoisotopic (exact) mass is 237 g/mol. The first-order valence-electron chi connectivity index (χ1n) is 4.20. The molecule has 3 nitrogen and oxygen atoms in total. The Bertz CT molecular complexity index is 209. The van der Waals surface area contributed by atoms with Crippen molar-refractivity contribution in [2.24, 2.45) is 0 Å². The van der Waals surface area contributed by atoms with Gasteiger partial charge < -0.3 is 4.90 Å². The zero-order valence-corrected chi connectivity index (χ0v) is 9.35. The standard InChI is InChI=1S/C7H9Cl2NO2.C2H4/c8-6(9)7(12)10-3-1-5(11)2-4-10;1-2/h6H,1-4H2;1-2H2. The van der Waals surface area contributed by atoms with Crippen LogP contribution in [0.2, 0.25) is 0 Å². The first kappa shape index (κ1) is 13.5. The highest BCUT2D eigenvalue weighted by Gasteiger charge is 2.24. The third-order valence-electron chi connectivity index (χ3n) is 1.82. The molecule has 80 valence electrons. The minimum atomic E-state index is -1.00. The number of Topliss-reactive ketones (excluding diaryl/α,β-unsaturated/α-hetero) is 1. The van der Waals surface area contributed by atoms with Crippen LogP contribution in [0.3, 0.4) is 0 Å². The van der Waals surface area contributed by atoms with Gasteiger partial charge >= 0.3 is 0 Å². The molecule has 0 bridgehead atoms. The molecule has 0 aromatic rings. The molecule has 0 aromatic heterocycles. The lowest BCUT2D eigenvalue weighted by atomic mass is 10.1. The van der Waals surface area contributed by atoms with Crippen molar-refractivity contribution in [3.8, 4) is 0 Å². The minimum Gasteiger partial charge on any atom is -0.339 e. The van der Waals surface area contributed by atoms with Gasteiger partial charge in [0.25, 0.3) is 5.91 Å². The number of hydrogen-bond acceptors (Lipinski definition) is 2. The maximum Gasteiger partial charge on any atom is 0.255 e. The maximum atomic E-state index is 11.2. The summed E-state index contributed by atoms with van der Waals surface area (Å²) in [4.78, 5) is 22.5. The van der Waals surface area contributed by atoms with Gasteiger partial charge in [-0.05, 0) is 0 Å². The van der Waals surface area contributed by atoms with Gasteiger partial charge in [0.05, 0.1) is 0 Å². The molecular weight excluding hydrogens is 225 g/mol. The Morgan fingerprint density at radius 3 is 2.07 bits per heavy atom. The molecule has 0 saturated carbocycles. The zero-order chi connectivity index (χ0) is 11.1. The van der Waals surface area contributed by atoms with Crippen molar-refractivity contribution in [3.05, 3.63) is 13.2 Å². The van der Waals surface area contributed by atoms with Crippen molar-refractivity contribution in [1.29, 1.82) is 0 Å². The number of carbonyl (C=O) groups is 2. The van der Waals surface area contributed by atoms with Gasteiger partial charge in [0.2, 0.25) is 0 Å². The fraction of sp³-hybridized carbons (Fsp3) is 0.556. The summed E-state index contributed by atoms with van der Waals surface area (Å²) < 4.78 is 0. The predicted octanol–water partition coefficient (Wildman–Crippen LogP) is 1.78. The van der Waals surface area contributed by atoms with Crippen molar-refractivity contribution in [1.82, 2.24) is 4.90 Å². The van der Waals surface area contributed by atoms with Gasteiger partial charge in [0, 0.05) is 25.9 Å². The Morgan fingerprint density at radius 1 is 1.29 bits per heavy atom. The van der Waals surface area contributed by atoms with Gasteiger partial charge in [0.15, 0.2) is 4.84 Å². The van der Waals surface area contributed by atoms with E-state index in [4.69, 9.17) is 23.2 Å². The van der Waals surface area contributed by atoms with E-state index in [1.165, 1.54) is 4.90 Å². The summed E-state index contributed by atoms with van der Waals surface area (Å²) in [6.07, 6.45) is 0.846. The molecule has 14 heavy (non-hydrogen) atoms. The number of halogens is 2. The highest BCUT2D eigenvalue weighted by Crippen LogP contribution is 2.12. The number of nitrogens with zero attached hydrogens (tertiary/aromatic N) is 1. The van der Waals surface area contributed by atoms with E-state index in [2.05, 4.69) is 13.2 Å². The summed E-state index contributed by atoms with van der Waals surface area (Å²) in [7, 11) is 0. The van der Waals surface area contributed by atoms with Gasteiger partial charge in [-0.2, -0.15) is 0 Å². The fourth-order valence-electron chi connectivity index (χ4n) is 1.11. The van der Waals surface area contributed by atoms with Gasteiger partial charge in [-0.1, -0.05) is 23.2 Å². The van der Waals surface area contributed by atoms with Gasteiger partial charge in [-0.15, -0.1) is 13.2 Å². The molecule has 1 amide bonds. The molecule has 1 aliphatic heterocycles. The number of alkyl halides is 2. The van der Waals surface area contributed by atoms with Crippen LogP contribution < -0.4 is 0 Å². The normalized spacial score (nSPS) is 16.2. The number of piperidine rings is 1. The van der Waals surface area contributed by atoms with E-state index in [0.29, 0.717) is 25.9 Å². The molecule has 0 unspecified atom stereocenters. The van der Waals surface area contributed by atoms with Crippen molar-refractivity contribution < 1.29 is 9.59 Å². The Morgan fingerprint density at radius 2 is 1.71 bits per heavy atom. The van der Waals surface area contributed by atoms with E-state index in [-0.39, 0.29) is 11.7 Å². The Labute approximate surface area is 93.7 Å². The van der Waals surface area contributed by atoms with Crippen molar-refractivity contribution >= 4 is 34.9 Å². The van der Waals surface area contributed by atoms with Gasteiger partial charge in [-0.3, -0.25) is 9.59 Å². The number of ketones is 1. The summed E-state index contributed by atoms with van der Waals surface area (Å²) in [6.45, 7) is 6.90. The third kappa shape index (κ3) is 4.11. The summed E-state index contributed by atoms with van der Waals surface area (Å²) >= 11 is 10.8. The predicted molar refractivity (Wildman–Crippen MR) is 57.6 cm³/mol. The third-order valence-corrected chi connectivity index (χ3v) is 2.19. The maximum absolute atomic E-state index is 11.2. The van der Waals surface area contributed by atoms with E-state index < -0.39 is 4.84 Å². The van der Waals surface area contributed by atoms with Crippen LogP contribution in [0.1, 0.15) is 12.8 Å². The highest BCUT2D eigenvalue weighted by atomic mass is 35.5. The summed E-state index contributed by atoms with van der Waals surface area (Å²) in [5.74, 6) is -0.106. The Balaban J connectivity index is 0.000000791. The van der Waals surface area contributed by atoms with Gasteiger partial charge in [-0.25, -0.2) is 0 Å². The van der Waals surface area contributed by atoms with Crippen molar-refractivity contribution in [2.75, 3.05) is 13.1 Å². The first-order valence-corrected chi connectivity index (χ1v) is 5.07. The van der Waals surface area contributed by atoms with Crippen LogP contribution in [-0.2, 0) is 9.59 Å². The minimum absolute atomic E-state index is 0.194. The topological polar surface area (TPSA) is 37.4 Å². The lowest BCUT2D eigenvalue weighted by Gasteiger charge is -2.26. The molecule has 1 heterocycles. The van der Waals surface area contributed by atoms with E-state index in [1.807, 2.05) is 0 Å². The molecule has 0 atom stereocenters. The second-order valence-corrected chi connectivity index (χ2v) is 3.76. The second-order valence-electron chi connectivity index (χ2n) is 2.66. The molecule has 1 rings (SSSR count). The molecule has 1 aliphatic rings. The summed E-state index contributed by atoms with van der Waals surface area (Å²) in [6, 6.07) is 0. The van der Waals surface area contributed by atoms with E-state index in [0.717, 1.165) is 0 Å². The van der Waals surface area contributed by atoms with Crippen LogP contribution in [0, 0.1) is 0 Å². The zero-order valence-electron chi connectivity index (χ0n) is 7.84. The number of carbonyl (C=O) groups excluding carboxylic acids is 2. The summed E-state index contributed by atoms with van der Waals surface area (Å²) in [5, 5.41) is 0. The molecule has 1 saturated heterocycles. The average Bonchev–Trinajstić information content (AvgIpc) is 2.21. The Hall–Kier alpha value is -0.540. The van der Waals surface area contributed by atoms with Crippen LogP contribution in [-0.4, -0.2) is 34.5 Å². The van der Waals surface area contributed by atoms with E-state index in [9.17, 15) is 9.59 Å². The average molecular weight is 238 g/mol. The van der Waals surface area contributed by atoms with Crippen LogP contribution in [0.25, 0.3) is 0 Å². The SMILES string of the molecule is C=C.O=C1CCN(C(=O)C(Cl)Cl)CC1. The molecule has 0 aromatic carbocycles. The quantitative estimate of drug-likeness (QED) is 0.515. The molecule has 0 aliphatic carbocycles. The van der Waals surface area contributed by atoms with Crippen LogP contribution in [0.5, 0.6) is 0 Å². The summed E-state index contributed by atoms with van der Waals surface area (Å²) in [5.41, 5.74) is 0. The number of amides is 1. The van der Waals surface area contributed by atoms with E-state index in [1.54, 1.807) is 0 Å². The molecule has 1 fully saturated rings. The fourth-order valence-corrected chi connectivity index (χ4v) is 1.39. The molecule has 0 spiro atoms. The smallest absolute Gasteiger partial charge is 0.255 e. The first-order chi connectivity index (χ1) is 6.61. The van der Waals surface area contributed by atoms with Crippen molar-refractivity contribution in [3.63, 3.8) is 0 Å². The number of likely N-dealkylation sites (tertiary alicyclic amines) is 1. The van der Waals surface area contributed by atoms with Gasteiger partial charge in [0.1, 0.15) is 5.78 Å². The number of hydrogen-bond donors (Lipinski definition) is 0. The Kier molecular flexibility index (Phi) is 6.58.